The second kappa shape index (κ2) is 4.87. The van der Waals surface area contributed by atoms with Crippen LogP contribution in [0.2, 0.25) is 0 Å². The first-order valence-electron chi connectivity index (χ1n) is 8.25. The smallest absolute Gasteiger partial charge is 0.313 e. The predicted molar refractivity (Wildman–Crippen MR) is 87.8 cm³/mol. The Bertz CT molecular complexity index is 865. The van der Waals surface area contributed by atoms with Crippen LogP contribution in [-0.4, -0.2) is 29.2 Å². The van der Waals surface area contributed by atoms with Gasteiger partial charge in [0.25, 0.3) is 11.6 Å². The van der Waals surface area contributed by atoms with Crippen LogP contribution < -0.4 is 14.8 Å². The standard InChI is InChI=1S/C17H18N2O7/c1-15(2)16(3)4-5-17(15,26-14(16)21)13(20)18-9-6-11-12(25-8-24-11)7-10(9)19(22)23/h6-7H,4-5,8H2,1-3H3,(H,18,20)/t16-,17+/m1/s1. The molecular weight excluding hydrogens is 344 g/mol. The third-order valence-electron chi connectivity index (χ3n) is 6.39. The lowest BCUT2D eigenvalue weighted by molar-refractivity contribution is -0.384. The number of anilines is 1. The van der Waals surface area contributed by atoms with E-state index in [4.69, 9.17) is 14.2 Å². The zero-order valence-corrected chi connectivity index (χ0v) is 14.6. The van der Waals surface area contributed by atoms with Gasteiger partial charge >= 0.3 is 5.97 Å². The van der Waals surface area contributed by atoms with E-state index in [1.165, 1.54) is 12.1 Å². The molecule has 0 radical (unpaired) electrons. The lowest BCUT2D eigenvalue weighted by atomic mass is 9.66. The van der Waals surface area contributed by atoms with Gasteiger partial charge in [-0.25, -0.2) is 0 Å². The molecule has 1 saturated carbocycles. The van der Waals surface area contributed by atoms with E-state index in [-0.39, 0.29) is 23.9 Å². The third-order valence-corrected chi connectivity index (χ3v) is 6.39. The number of carbonyl (C=O) groups excluding carboxylic acids is 2. The molecule has 0 unspecified atom stereocenters. The molecule has 1 aliphatic carbocycles. The molecule has 0 spiro atoms. The van der Waals surface area contributed by atoms with E-state index >= 15 is 0 Å². The van der Waals surface area contributed by atoms with E-state index in [1.807, 2.05) is 13.8 Å². The Labute approximate surface area is 148 Å². The van der Waals surface area contributed by atoms with Crippen molar-refractivity contribution in [2.75, 3.05) is 12.1 Å². The number of nitrogens with one attached hydrogen (secondary N) is 1. The number of benzene rings is 1. The normalized spacial score (nSPS) is 30.2. The summed E-state index contributed by atoms with van der Waals surface area (Å²) in [5.41, 5.74) is -3.20. The summed E-state index contributed by atoms with van der Waals surface area (Å²) in [6.45, 7) is 5.38. The number of ether oxygens (including phenoxy) is 3. The molecule has 2 heterocycles. The van der Waals surface area contributed by atoms with Crippen molar-refractivity contribution in [3.05, 3.63) is 22.2 Å². The lowest BCUT2D eigenvalue weighted by Crippen LogP contribution is -2.50. The first kappa shape index (κ1) is 16.6. The number of esters is 1. The van der Waals surface area contributed by atoms with Crippen molar-refractivity contribution in [1.82, 2.24) is 0 Å². The second-order valence-corrected chi connectivity index (χ2v) is 7.61. The van der Waals surface area contributed by atoms with Crippen LogP contribution in [0.4, 0.5) is 11.4 Å². The van der Waals surface area contributed by atoms with Crippen molar-refractivity contribution in [2.45, 2.75) is 39.2 Å². The highest BCUT2D eigenvalue weighted by Gasteiger charge is 2.75. The van der Waals surface area contributed by atoms with Crippen molar-refractivity contribution in [1.29, 1.82) is 0 Å². The highest BCUT2D eigenvalue weighted by Crippen LogP contribution is 2.65. The van der Waals surface area contributed by atoms with Crippen molar-refractivity contribution >= 4 is 23.3 Å². The summed E-state index contributed by atoms with van der Waals surface area (Å²) in [6, 6.07) is 2.56. The van der Waals surface area contributed by atoms with Gasteiger partial charge in [-0.05, 0) is 19.8 Å². The molecule has 9 heteroatoms. The Morgan fingerprint density at radius 3 is 2.38 bits per heavy atom. The highest BCUT2D eigenvalue weighted by atomic mass is 16.7. The summed E-state index contributed by atoms with van der Waals surface area (Å²) in [6.07, 6.45) is 0.891. The summed E-state index contributed by atoms with van der Waals surface area (Å²) >= 11 is 0. The summed E-state index contributed by atoms with van der Waals surface area (Å²) in [4.78, 5) is 36.2. The number of hydrogen-bond acceptors (Lipinski definition) is 7. The van der Waals surface area contributed by atoms with Crippen LogP contribution in [-0.2, 0) is 14.3 Å². The van der Waals surface area contributed by atoms with Gasteiger partial charge in [0.2, 0.25) is 6.79 Å². The Kier molecular flexibility index (Phi) is 3.11. The van der Waals surface area contributed by atoms with Crippen molar-refractivity contribution in [3.63, 3.8) is 0 Å². The van der Waals surface area contributed by atoms with Gasteiger partial charge < -0.3 is 19.5 Å². The Hall–Kier alpha value is -2.84. The van der Waals surface area contributed by atoms with Gasteiger partial charge in [0.1, 0.15) is 5.69 Å². The zero-order chi connectivity index (χ0) is 18.9. The molecule has 1 aromatic carbocycles. The molecule has 2 atom stereocenters. The van der Waals surface area contributed by atoms with E-state index in [2.05, 4.69) is 5.32 Å². The molecule has 1 N–H and O–H groups in total. The first-order chi connectivity index (χ1) is 12.1. The van der Waals surface area contributed by atoms with Gasteiger partial charge in [-0.2, -0.15) is 0 Å². The number of rotatable bonds is 3. The number of nitro benzene ring substituents is 1. The number of fused-ring (bicyclic) bond motifs is 3. The summed E-state index contributed by atoms with van der Waals surface area (Å²) in [7, 11) is 0. The summed E-state index contributed by atoms with van der Waals surface area (Å²) in [5.74, 6) is -0.431. The monoisotopic (exact) mass is 362 g/mol. The Balaban J connectivity index is 1.72. The maximum atomic E-state index is 13.1. The van der Waals surface area contributed by atoms with Crippen molar-refractivity contribution in [3.8, 4) is 11.5 Å². The largest absolute Gasteiger partial charge is 0.454 e. The molecule has 2 fully saturated rings. The number of nitrogens with zero attached hydrogens (tertiary/aromatic N) is 1. The topological polar surface area (TPSA) is 117 Å². The molecular formula is C17H18N2O7. The van der Waals surface area contributed by atoms with Gasteiger partial charge in [0, 0.05) is 11.5 Å². The fourth-order valence-corrected chi connectivity index (χ4v) is 4.15. The molecule has 1 amide bonds. The van der Waals surface area contributed by atoms with Crippen LogP contribution in [0.1, 0.15) is 33.6 Å². The minimum atomic E-state index is -1.36. The van der Waals surface area contributed by atoms with E-state index in [1.54, 1.807) is 6.92 Å². The average Bonchev–Trinajstić information content (AvgIpc) is 3.14. The summed E-state index contributed by atoms with van der Waals surface area (Å²) < 4.78 is 15.9. The maximum Gasteiger partial charge on any atom is 0.313 e. The van der Waals surface area contributed by atoms with Gasteiger partial charge in [-0.15, -0.1) is 0 Å². The molecule has 4 rings (SSSR count). The van der Waals surface area contributed by atoms with Crippen LogP contribution >= 0.6 is 0 Å². The molecule has 0 aromatic heterocycles. The van der Waals surface area contributed by atoms with Gasteiger partial charge in [-0.3, -0.25) is 19.7 Å². The maximum absolute atomic E-state index is 13.1. The fourth-order valence-electron chi connectivity index (χ4n) is 4.15. The van der Waals surface area contributed by atoms with Crippen LogP contribution in [0.3, 0.4) is 0 Å². The van der Waals surface area contributed by atoms with Gasteiger partial charge in [0.05, 0.1) is 16.4 Å². The summed E-state index contributed by atoms with van der Waals surface area (Å²) in [5, 5.41) is 14.0. The fraction of sp³-hybridized carbons (Fsp3) is 0.529. The number of hydrogen-bond donors (Lipinski definition) is 1. The molecule has 9 nitrogen and oxygen atoms in total. The zero-order valence-electron chi connectivity index (χ0n) is 14.6. The van der Waals surface area contributed by atoms with Crippen LogP contribution in [0.5, 0.6) is 11.5 Å². The predicted octanol–water partition coefficient (Wildman–Crippen LogP) is 2.38. The highest BCUT2D eigenvalue weighted by molar-refractivity contribution is 6.04. The average molecular weight is 362 g/mol. The molecule has 2 aliphatic heterocycles. The molecule has 1 aromatic rings. The quantitative estimate of drug-likeness (QED) is 0.498. The molecule has 3 aliphatic rings. The minimum absolute atomic E-state index is 0.0222. The Morgan fingerprint density at radius 2 is 1.85 bits per heavy atom. The number of carbonyl (C=O) groups is 2. The molecule has 2 bridgehead atoms. The SMILES string of the molecule is CC1(C)[C@@]2(C(=O)Nc3cc4c(cc3[N+](=O)[O-])OCO4)CC[C@]1(C)C(=O)O2. The Morgan fingerprint density at radius 1 is 1.19 bits per heavy atom. The van der Waals surface area contributed by atoms with Gasteiger partial charge in [-0.1, -0.05) is 13.8 Å². The minimum Gasteiger partial charge on any atom is -0.454 e. The third kappa shape index (κ3) is 1.80. The van der Waals surface area contributed by atoms with Crippen molar-refractivity contribution in [2.24, 2.45) is 10.8 Å². The van der Waals surface area contributed by atoms with E-state index in [0.29, 0.717) is 18.6 Å². The molecule has 1 saturated heterocycles. The second-order valence-electron chi connectivity index (χ2n) is 7.61. The van der Waals surface area contributed by atoms with Crippen molar-refractivity contribution < 1.29 is 28.7 Å². The van der Waals surface area contributed by atoms with Gasteiger partial charge in [0.15, 0.2) is 17.1 Å². The van der Waals surface area contributed by atoms with Crippen LogP contribution in [0, 0.1) is 20.9 Å². The number of nitro groups is 1. The van der Waals surface area contributed by atoms with Crippen LogP contribution in [0.15, 0.2) is 12.1 Å². The first-order valence-corrected chi connectivity index (χ1v) is 8.25. The van der Waals surface area contributed by atoms with Crippen LogP contribution in [0.25, 0.3) is 0 Å². The number of amides is 1. The lowest BCUT2D eigenvalue weighted by Gasteiger charge is -2.35. The van der Waals surface area contributed by atoms with E-state index in [0.717, 1.165) is 0 Å². The molecule has 138 valence electrons. The molecule has 26 heavy (non-hydrogen) atoms. The van der Waals surface area contributed by atoms with E-state index in [9.17, 15) is 19.7 Å². The van der Waals surface area contributed by atoms with E-state index < -0.39 is 33.2 Å².